The fraction of sp³-hybridized carbons (Fsp3) is 0.267. The Labute approximate surface area is 122 Å². The summed E-state index contributed by atoms with van der Waals surface area (Å²) in [6.07, 6.45) is 0. The van der Waals surface area contributed by atoms with Crippen LogP contribution in [0.15, 0.2) is 46.9 Å². The number of nitrogens with one attached hydrogen (secondary N) is 1. The van der Waals surface area contributed by atoms with Gasteiger partial charge in [-0.25, -0.2) is 0 Å². The first-order valence-corrected chi connectivity index (χ1v) is 6.96. The zero-order valence-corrected chi connectivity index (χ0v) is 11.9. The fourth-order valence-electron chi connectivity index (χ4n) is 2.00. The van der Waals surface area contributed by atoms with Gasteiger partial charge in [-0.3, -0.25) is 0 Å². The van der Waals surface area contributed by atoms with Crippen molar-refractivity contribution in [3.8, 4) is 11.4 Å². The van der Waals surface area contributed by atoms with Crippen LogP contribution in [0.1, 0.15) is 18.4 Å². The average molecular weight is 283 g/mol. The normalized spacial score (nSPS) is 10.9. The van der Waals surface area contributed by atoms with Crippen LogP contribution in [0.3, 0.4) is 0 Å². The summed E-state index contributed by atoms with van der Waals surface area (Å²) in [6, 6.07) is 13.7. The zero-order chi connectivity index (χ0) is 14.5. The third-order valence-electron chi connectivity index (χ3n) is 3.05. The van der Waals surface area contributed by atoms with Gasteiger partial charge in [-0.05, 0) is 23.9 Å². The first-order valence-electron chi connectivity index (χ1n) is 6.96. The van der Waals surface area contributed by atoms with Crippen LogP contribution in [0, 0.1) is 0 Å². The minimum atomic E-state index is 0.478. The first kappa shape index (κ1) is 13.5. The lowest BCUT2D eigenvalue weighted by molar-refractivity contribution is 0.417. The van der Waals surface area contributed by atoms with Gasteiger partial charge >= 0.3 is 0 Å². The van der Waals surface area contributed by atoms with Gasteiger partial charge in [0, 0.05) is 5.56 Å². The highest BCUT2D eigenvalue weighted by Gasteiger charge is 2.08. The number of nitrogens with zero attached hydrogens (tertiary/aromatic N) is 4. The molecule has 0 bridgehead atoms. The minimum absolute atomic E-state index is 0.478. The summed E-state index contributed by atoms with van der Waals surface area (Å²) in [5.74, 6) is 2.35. The summed E-state index contributed by atoms with van der Waals surface area (Å²) < 4.78 is 5.71. The van der Waals surface area contributed by atoms with Crippen LogP contribution in [0.2, 0.25) is 0 Å². The van der Waals surface area contributed by atoms with Crippen molar-refractivity contribution in [1.29, 1.82) is 0 Å². The van der Waals surface area contributed by atoms with Crippen molar-refractivity contribution in [2.45, 2.75) is 20.0 Å². The molecule has 2 heterocycles. The van der Waals surface area contributed by atoms with Crippen molar-refractivity contribution in [3.63, 3.8) is 0 Å². The van der Waals surface area contributed by atoms with E-state index in [1.807, 2.05) is 42.5 Å². The van der Waals surface area contributed by atoms with Crippen molar-refractivity contribution < 1.29 is 4.42 Å². The van der Waals surface area contributed by atoms with Crippen molar-refractivity contribution >= 4 is 0 Å². The predicted octanol–water partition coefficient (Wildman–Crippen LogP) is 2.09. The summed E-state index contributed by atoms with van der Waals surface area (Å²) in [5, 5.41) is 15.7. The lowest BCUT2D eigenvalue weighted by Gasteiger charge is -1.97. The van der Waals surface area contributed by atoms with Crippen LogP contribution in [0.4, 0.5) is 0 Å². The topological polar surface area (TPSA) is 68.8 Å². The van der Waals surface area contributed by atoms with Crippen LogP contribution in [0.5, 0.6) is 0 Å². The van der Waals surface area contributed by atoms with Gasteiger partial charge in [-0.2, -0.15) is 4.80 Å². The van der Waals surface area contributed by atoms with E-state index in [0.29, 0.717) is 12.4 Å². The van der Waals surface area contributed by atoms with E-state index < -0.39 is 0 Å². The molecule has 1 N–H and O–H groups in total. The number of aromatic nitrogens is 4. The van der Waals surface area contributed by atoms with Crippen LogP contribution in [-0.2, 0) is 13.1 Å². The molecule has 6 nitrogen and oxygen atoms in total. The highest BCUT2D eigenvalue weighted by Crippen LogP contribution is 2.13. The molecule has 0 unspecified atom stereocenters. The van der Waals surface area contributed by atoms with Crippen LogP contribution >= 0.6 is 0 Å². The number of rotatable bonds is 6. The van der Waals surface area contributed by atoms with E-state index in [9.17, 15) is 0 Å². The number of hydrogen-bond acceptors (Lipinski definition) is 5. The lowest BCUT2D eigenvalue weighted by Crippen LogP contribution is -2.10. The van der Waals surface area contributed by atoms with Crippen molar-refractivity contribution in [1.82, 2.24) is 25.5 Å². The second kappa shape index (κ2) is 6.32. The maximum atomic E-state index is 5.71. The standard InChI is InChI=1S/C15H17N5O/c1-2-16-10-13-8-9-14(21-13)11-20-18-15(17-19-20)12-6-4-3-5-7-12/h3-9,16H,2,10-11H2,1H3. The zero-order valence-electron chi connectivity index (χ0n) is 11.9. The lowest BCUT2D eigenvalue weighted by atomic mass is 10.2. The van der Waals surface area contributed by atoms with Gasteiger partial charge in [0.05, 0.1) is 6.54 Å². The number of hydrogen-bond donors (Lipinski definition) is 1. The molecule has 0 radical (unpaired) electrons. The fourth-order valence-corrected chi connectivity index (χ4v) is 2.00. The van der Waals surface area contributed by atoms with Gasteiger partial charge in [0.1, 0.15) is 18.1 Å². The number of tetrazole rings is 1. The third kappa shape index (κ3) is 3.35. The van der Waals surface area contributed by atoms with Crippen LogP contribution in [0.25, 0.3) is 11.4 Å². The molecule has 21 heavy (non-hydrogen) atoms. The maximum Gasteiger partial charge on any atom is 0.204 e. The van der Waals surface area contributed by atoms with E-state index in [1.54, 1.807) is 0 Å². The Hall–Kier alpha value is -2.47. The van der Waals surface area contributed by atoms with E-state index >= 15 is 0 Å². The molecule has 0 aliphatic heterocycles. The van der Waals surface area contributed by atoms with Gasteiger partial charge in [0.25, 0.3) is 0 Å². The first-order chi connectivity index (χ1) is 10.3. The molecular weight excluding hydrogens is 266 g/mol. The molecule has 108 valence electrons. The van der Waals surface area contributed by atoms with Crippen LogP contribution in [-0.4, -0.2) is 26.8 Å². The van der Waals surface area contributed by atoms with E-state index in [2.05, 4.69) is 27.7 Å². The molecule has 0 fully saturated rings. The Morgan fingerprint density at radius 3 is 2.71 bits per heavy atom. The van der Waals surface area contributed by atoms with Crippen LogP contribution < -0.4 is 5.32 Å². The molecule has 6 heteroatoms. The van der Waals surface area contributed by atoms with Gasteiger partial charge < -0.3 is 9.73 Å². The molecule has 0 amide bonds. The molecule has 0 spiro atoms. The predicted molar refractivity (Wildman–Crippen MR) is 78.4 cm³/mol. The Morgan fingerprint density at radius 2 is 1.90 bits per heavy atom. The summed E-state index contributed by atoms with van der Waals surface area (Å²) in [7, 11) is 0. The Kier molecular flexibility index (Phi) is 4.07. The van der Waals surface area contributed by atoms with E-state index in [1.165, 1.54) is 4.80 Å². The maximum absolute atomic E-state index is 5.71. The highest BCUT2D eigenvalue weighted by atomic mass is 16.3. The molecule has 1 aromatic carbocycles. The summed E-state index contributed by atoms with van der Waals surface area (Å²) in [4.78, 5) is 1.54. The molecular formula is C15H17N5O. The van der Waals surface area contributed by atoms with Crippen molar-refractivity contribution in [3.05, 3.63) is 54.0 Å². The second-order valence-corrected chi connectivity index (χ2v) is 4.66. The molecule has 3 rings (SSSR count). The second-order valence-electron chi connectivity index (χ2n) is 4.66. The molecule has 0 aliphatic carbocycles. The summed E-state index contributed by atoms with van der Waals surface area (Å²) >= 11 is 0. The smallest absolute Gasteiger partial charge is 0.204 e. The Morgan fingerprint density at radius 1 is 1.10 bits per heavy atom. The van der Waals surface area contributed by atoms with E-state index in [-0.39, 0.29) is 0 Å². The van der Waals surface area contributed by atoms with Crippen molar-refractivity contribution in [2.75, 3.05) is 6.54 Å². The Balaban J connectivity index is 1.68. The largest absolute Gasteiger partial charge is 0.463 e. The molecule has 0 saturated carbocycles. The quantitative estimate of drug-likeness (QED) is 0.750. The van der Waals surface area contributed by atoms with Gasteiger partial charge in [0.2, 0.25) is 5.82 Å². The third-order valence-corrected chi connectivity index (χ3v) is 3.05. The summed E-state index contributed by atoms with van der Waals surface area (Å²) in [6.45, 7) is 4.19. The van der Waals surface area contributed by atoms with Gasteiger partial charge in [0.15, 0.2) is 0 Å². The number of furan rings is 1. The van der Waals surface area contributed by atoms with Crippen molar-refractivity contribution in [2.24, 2.45) is 0 Å². The number of benzene rings is 1. The molecule has 0 aliphatic rings. The summed E-state index contributed by atoms with van der Waals surface area (Å²) in [5.41, 5.74) is 0.955. The van der Waals surface area contributed by atoms with E-state index in [4.69, 9.17) is 4.42 Å². The molecule has 3 aromatic rings. The molecule has 2 aromatic heterocycles. The minimum Gasteiger partial charge on any atom is -0.463 e. The highest BCUT2D eigenvalue weighted by molar-refractivity contribution is 5.52. The molecule has 0 atom stereocenters. The SMILES string of the molecule is CCNCc1ccc(Cn2nnc(-c3ccccc3)n2)o1. The van der Waals surface area contributed by atoms with Gasteiger partial charge in [-0.15, -0.1) is 10.2 Å². The molecule has 0 saturated heterocycles. The van der Waals surface area contributed by atoms with Gasteiger partial charge in [-0.1, -0.05) is 37.3 Å². The van der Waals surface area contributed by atoms with E-state index in [0.717, 1.165) is 30.2 Å². The average Bonchev–Trinajstić information content (AvgIpc) is 3.16. The monoisotopic (exact) mass is 283 g/mol. The Bertz CT molecular complexity index is 689.